The zero-order valence-corrected chi connectivity index (χ0v) is 16.0. The Hall–Kier alpha value is -2.76. The molecule has 2 heterocycles. The van der Waals surface area contributed by atoms with Gasteiger partial charge in [0.05, 0.1) is 17.0 Å². The summed E-state index contributed by atoms with van der Waals surface area (Å²) in [6, 6.07) is 6.85. The molecule has 0 radical (unpaired) electrons. The van der Waals surface area contributed by atoms with Gasteiger partial charge in [0.25, 0.3) is 0 Å². The average molecular weight is 367 g/mol. The first-order valence-corrected chi connectivity index (χ1v) is 9.19. The molecule has 1 unspecified atom stereocenters. The summed E-state index contributed by atoms with van der Waals surface area (Å²) in [4.78, 5) is 34.9. The van der Waals surface area contributed by atoms with Crippen molar-refractivity contribution in [2.24, 2.45) is 11.3 Å². The third kappa shape index (κ3) is 4.15. The Kier molecular flexibility index (Phi) is 5.26. The summed E-state index contributed by atoms with van der Waals surface area (Å²) in [5, 5.41) is 9.48. The molecule has 1 atom stereocenters. The number of aromatic nitrogens is 2. The molecule has 3 rings (SSSR count). The molecular weight excluding hydrogens is 342 g/mol. The first-order valence-electron chi connectivity index (χ1n) is 9.19. The maximum Gasteiger partial charge on any atom is 0.336 e. The van der Waals surface area contributed by atoms with Crippen LogP contribution in [0.2, 0.25) is 0 Å². The van der Waals surface area contributed by atoms with Gasteiger partial charge < -0.3 is 10.0 Å². The van der Waals surface area contributed by atoms with Gasteiger partial charge in [-0.3, -0.25) is 14.8 Å². The van der Waals surface area contributed by atoms with Crippen LogP contribution in [0.1, 0.15) is 43.2 Å². The molecule has 6 nitrogen and oxygen atoms in total. The Bertz CT molecular complexity index is 858. The van der Waals surface area contributed by atoms with Gasteiger partial charge in [0.1, 0.15) is 0 Å². The molecule has 0 saturated carbocycles. The molecule has 1 fully saturated rings. The van der Waals surface area contributed by atoms with Gasteiger partial charge in [0.2, 0.25) is 5.91 Å². The maximum atomic E-state index is 12.5. The van der Waals surface area contributed by atoms with Crippen LogP contribution in [-0.4, -0.2) is 44.9 Å². The summed E-state index contributed by atoms with van der Waals surface area (Å²) in [7, 11) is 0. The highest BCUT2D eigenvalue weighted by Crippen LogP contribution is 2.29. The van der Waals surface area contributed by atoms with Crippen LogP contribution in [0.15, 0.2) is 36.7 Å². The molecule has 142 valence electrons. The lowest BCUT2D eigenvalue weighted by atomic mass is 9.94. The third-order valence-corrected chi connectivity index (χ3v) is 4.88. The Morgan fingerprint density at radius 3 is 2.59 bits per heavy atom. The highest BCUT2D eigenvalue weighted by molar-refractivity contribution is 5.95. The quantitative estimate of drug-likeness (QED) is 0.897. The monoisotopic (exact) mass is 367 g/mol. The lowest BCUT2D eigenvalue weighted by molar-refractivity contribution is -0.138. The SMILES string of the molecule is CC(C)(C)C(=O)N1CCC(Cc2nccnc2-c2ccccc2C(=O)O)C1. The van der Waals surface area contributed by atoms with E-state index in [9.17, 15) is 14.7 Å². The number of carboxylic acid groups (broad SMARTS) is 1. The number of carbonyl (C=O) groups excluding carboxylic acids is 1. The number of benzene rings is 1. The predicted molar refractivity (Wildman–Crippen MR) is 102 cm³/mol. The summed E-state index contributed by atoms with van der Waals surface area (Å²) < 4.78 is 0. The van der Waals surface area contributed by atoms with Crippen molar-refractivity contribution in [1.29, 1.82) is 0 Å². The summed E-state index contributed by atoms with van der Waals surface area (Å²) in [5.74, 6) is -0.519. The van der Waals surface area contributed by atoms with E-state index in [1.165, 1.54) is 0 Å². The summed E-state index contributed by atoms with van der Waals surface area (Å²) in [6.45, 7) is 7.26. The van der Waals surface area contributed by atoms with Crippen LogP contribution in [0.25, 0.3) is 11.3 Å². The number of rotatable bonds is 4. The van der Waals surface area contributed by atoms with E-state index in [2.05, 4.69) is 9.97 Å². The van der Waals surface area contributed by atoms with E-state index < -0.39 is 5.97 Å². The molecular formula is C21H25N3O3. The second-order valence-electron chi connectivity index (χ2n) is 8.06. The van der Waals surface area contributed by atoms with Crippen LogP contribution in [0.5, 0.6) is 0 Å². The van der Waals surface area contributed by atoms with E-state index in [0.29, 0.717) is 30.1 Å². The third-order valence-electron chi connectivity index (χ3n) is 4.88. The topological polar surface area (TPSA) is 83.4 Å². The van der Waals surface area contributed by atoms with Gasteiger partial charge in [-0.1, -0.05) is 39.0 Å². The molecule has 1 aliphatic heterocycles. The van der Waals surface area contributed by atoms with Crippen LogP contribution in [0.3, 0.4) is 0 Å². The highest BCUT2D eigenvalue weighted by Gasteiger charge is 2.33. The number of hydrogen-bond acceptors (Lipinski definition) is 4. The van der Waals surface area contributed by atoms with E-state index in [1.807, 2.05) is 25.7 Å². The van der Waals surface area contributed by atoms with Gasteiger partial charge in [0, 0.05) is 36.5 Å². The van der Waals surface area contributed by atoms with Crippen LogP contribution in [0, 0.1) is 11.3 Å². The van der Waals surface area contributed by atoms with Crippen LogP contribution >= 0.6 is 0 Å². The Balaban J connectivity index is 1.83. The largest absolute Gasteiger partial charge is 0.478 e. The van der Waals surface area contributed by atoms with Crippen molar-refractivity contribution in [3.63, 3.8) is 0 Å². The van der Waals surface area contributed by atoms with Gasteiger partial charge >= 0.3 is 5.97 Å². The van der Waals surface area contributed by atoms with Gasteiger partial charge in [-0.15, -0.1) is 0 Å². The molecule has 1 aromatic carbocycles. The molecule has 1 saturated heterocycles. The Labute approximate surface area is 159 Å². The maximum absolute atomic E-state index is 12.5. The number of nitrogens with zero attached hydrogens (tertiary/aromatic N) is 3. The van der Waals surface area contributed by atoms with E-state index in [0.717, 1.165) is 18.7 Å². The second-order valence-corrected chi connectivity index (χ2v) is 8.06. The molecule has 0 spiro atoms. The minimum absolute atomic E-state index is 0.167. The fraction of sp³-hybridized carbons (Fsp3) is 0.429. The minimum Gasteiger partial charge on any atom is -0.478 e. The lowest BCUT2D eigenvalue weighted by Gasteiger charge is -2.25. The van der Waals surface area contributed by atoms with E-state index in [-0.39, 0.29) is 16.9 Å². The Morgan fingerprint density at radius 1 is 1.19 bits per heavy atom. The van der Waals surface area contributed by atoms with E-state index in [4.69, 9.17) is 0 Å². The Morgan fingerprint density at radius 2 is 1.89 bits per heavy atom. The molecule has 1 amide bonds. The van der Waals surface area contributed by atoms with Crippen molar-refractivity contribution in [2.45, 2.75) is 33.6 Å². The van der Waals surface area contributed by atoms with Crippen molar-refractivity contribution < 1.29 is 14.7 Å². The molecule has 1 aromatic heterocycles. The van der Waals surface area contributed by atoms with Crippen molar-refractivity contribution in [3.8, 4) is 11.3 Å². The number of hydrogen-bond donors (Lipinski definition) is 1. The van der Waals surface area contributed by atoms with Gasteiger partial charge in [-0.05, 0) is 24.8 Å². The molecule has 6 heteroatoms. The average Bonchev–Trinajstić information content (AvgIpc) is 3.09. The van der Waals surface area contributed by atoms with Gasteiger partial charge in [0.15, 0.2) is 0 Å². The van der Waals surface area contributed by atoms with Crippen molar-refractivity contribution in [3.05, 3.63) is 47.9 Å². The van der Waals surface area contributed by atoms with Crippen LogP contribution < -0.4 is 0 Å². The smallest absolute Gasteiger partial charge is 0.336 e. The summed E-state index contributed by atoms with van der Waals surface area (Å²) in [5.41, 5.74) is 1.80. The fourth-order valence-electron chi connectivity index (χ4n) is 3.55. The van der Waals surface area contributed by atoms with Crippen molar-refractivity contribution in [2.75, 3.05) is 13.1 Å². The zero-order valence-electron chi connectivity index (χ0n) is 16.0. The highest BCUT2D eigenvalue weighted by atomic mass is 16.4. The van der Waals surface area contributed by atoms with Crippen LogP contribution in [0.4, 0.5) is 0 Å². The fourth-order valence-corrected chi connectivity index (χ4v) is 3.55. The number of amides is 1. The number of likely N-dealkylation sites (tertiary alicyclic amines) is 1. The van der Waals surface area contributed by atoms with Gasteiger partial charge in [-0.2, -0.15) is 0 Å². The van der Waals surface area contributed by atoms with E-state index >= 15 is 0 Å². The lowest BCUT2D eigenvalue weighted by Crippen LogP contribution is -2.38. The molecule has 0 bridgehead atoms. The molecule has 2 aromatic rings. The normalized spacial score (nSPS) is 17.1. The molecule has 1 N–H and O–H groups in total. The van der Waals surface area contributed by atoms with Gasteiger partial charge in [-0.25, -0.2) is 4.79 Å². The number of carbonyl (C=O) groups is 2. The molecule has 1 aliphatic rings. The standard InChI is InChI=1S/C21H25N3O3/c1-21(2,3)20(27)24-11-8-14(13-24)12-17-18(23-10-9-22-17)15-6-4-5-7-16(15)19(25)26/h4-7,9-10,14H,8,11-13H2,1-3H3,(H,25,26). The van der Waals surface area contributed by atoms with Crippen LogP contribution in [-0.2, 0) is 11.2 Å². The van der Waals surface area contributed by atoms with E-state index in [1.54, 1.807) is 36.7 Å². The summed E-state index contributed by atoms with van der Waals surface area (Å²) in [6.07, 6.45) is 4.81. The number of carboxylic acids is 1. The number of aromatic carboxylic acids is 1. The zero-order chi connectivity index (χ0) is 19.6. The molecule has 0 aliphatic carbocycles. The first-order chi connectivity index (χ1) is 12.8. The minimum atomic E-state index is -0.981. The second kappa shape index (κ2) is 7.47. The first kappa shape index (κ1) is 19.0. The predicted octanol–water partition coefficient (Wildman–Crippen LogP) is 3.28. The summed E-state index contributed by atoms with van der Waals surface area (Å²) >= 11 is 0. The molecule has 27 heavy (non-hydrogen) atoms. The van der Waals surface area contributed by atoms with Crippen molar-refractivity contribution >= 4 is 11.9 Å². The van der Waals surface area contributed by atoms with Crippen molar-refractivity contribution in [1.82, 2.24) is 14.9 Å².